The molecule has 0 aliphatic heterocycles. The van der Waals surface area contributed by atoms with Gasteiger partial charge in [0.15, 0.2) is 12.4 Å². The molecule has 0 aliphatic carbocycles. The average Bonchev–Trinajstić information content (AvgIpc) is 3.33. The molecule has 4 rings (SSSR count). The summed E-state index contributed by atoms with van der Waals surface area (Å²) in [7, 11) is 5.10. The van der Waals surface area contributed by atoms with Gasteiger partial charge in [-0.25, -0.2) is 14.8 Å². The van der Waals surface area contributed by atoms with Gasteiger partial charge in [0, 0.05) is 31.4 Å². The van der Waals surface area contributed by atoms with Crippen LogP contribution in [0.15, 0.2) is 48.5 Å². The summed E-state index contributed by atoms with van der Waals surface area (Å²) < 4.78 is 12.5. The summed E-state index contributed by atoms with van der Waals surface area (Å²) in [6, 6.07) is 15.5. The Morgan fingerprint density at radius 3 is 2.61 bits per heavy atom. The van der Waals surface area contributed by atoms with Crippen molar-refractivity contribution in [2.24, 2.45) is 0 Å². The topological polar surface area (TPSA) is 116 Å². The minimum atomic E-state index is -0.450. The average molecular weight is 561 g/mol. The molecular formula is C31H40N6O4. The Morgan fingerprint density at radius 2 is 1.85 bits per heavy atom. The number of aromatic nitrogens is 3. The van der Waals surface area contributed by atoms with Gasteiger partial charge in [-0.15, -0.1) is 0 Å². The van der Waals surface area contributed by atoms with Crippen LogP contribution in [0.25, 0.3) is 21.9 Å². The van der Waals surface area contributed by atoms with Crippen molar-refractivity contribution >= 4 is 39.6 Å². The van der Waals surface area contributed by atoms with E-state index < -0.39 is 5.97 Å². The highest BCUT2D eigenvalue weighted by atomic mass is 16.6. The van der Waals surface area contributed by atoms with E-state index in [4.69, 9.17) is 15.5 Å². The maximum Gasteiger partial charge on any atom is 0.343 e. The first-order valence-corrected chi connectivity index (χ1v) is 14.0. The third kappa shape index (κ3) is 7.52. The number of esters is 1. The Labute approximate surface area is 241 Å². The molecule has 10 heteroatoms. The lowest BCUT2D eigenvalue weighted by Crippen LogP contribution is -2.38. The number of nitrogens with two attached hydrogens (primary N) is 1. The first-order chi connectivity index (χ1) is 19.8. The Balaban J connectivity index is 1.57. The molecule has 218 valence electrons. The Kier molecular flexibility index (Phi) is 10.1. The van der Waals surface area contributed by atoms with Gasteiger partial charge < -0.3 is 29.6 Å². The van der Waals surface area contributed by atoms with Gasteiger partial charge >= 0.3 is 5.97 Å². The van der Waals surface area contributed by atoms with E-state index in [1.54, 1.807) is 6.07 Å². The normalized spacial score (nSPS) is 11.3. The van der Waals surface area contributed by atoms with E-state index in [0.29, 0.717) is 37.7 Å². The Morgan fingerprint density at radius 1 is 1.05 bits per heavy atom. The number of rotatable bonds is 14. The number of likely N-dealkylation sites (N-methyl/N-ethyl adjacent to an activating group) is 1. The molecule has 0 aliphatic rings. The van der Waals surface area contributed by atoms with Crippen LogP contribution >= 0.6 is 0 Å². The van der Waals surface area contributed by atoms with E-state index in [1.807, 2.05) is 60.3 Å². The maximum atomic E-state index is 13.3. The molecule has 2 aromatic carbocycles. The van der Waals surface area contributed by atoms with Crippen molar-refractivity contribution in [2.75, 3.05) is 46.6 Å². The molecule has 0 spiro atoms. The van der Waals surface area contributed by atoms with Crippen LogP contribution in [0, 0.1) is 0 Å². The summed E-state index contributed by atoms with van der Waals surface area (Å²) in [5.41, 5.74) is 9.86. The molecule has 0 unspecified atom stereocenters. The Bertz CT molecular complexity index is 1500. The summed E-state index contributed by atoms with van der Waals surface area (Å²) in [6.07, 6.45) is 3.67. The van der Waals surface area contributed by atoms with Crippen LogP contribution in [0.5, 0.6) is 5.75 Å². The van der Waals surface area contributed by atoms with Gasteiger partial charge in [0.25, 0.3) is 0 Å². The highest BCUT2D eigenvalue weighted by Gasteiger charge is 2.19. The largest absolute Gasteiger partial charge is 0.482 e. The van der Waals surface area contributed by atoms with Crippen molar-refractivity contribution in [1.82, 2.24) is 24.3 Å². The number of para-hydroxylation sites is 1. The number of methoxy groups -OCH3 is 1. The molecule has 1 amide bonds. The van der Waals surface area contributed by atoms with E-state index in [2.05, 4.69) is 27.3 Å². The molecular weight excluding hydrogens is 520 g/mol. The number of nitrogen functional groups attached to an aromatic ring is 1. The van der Waals surface area contributed by atoms with E-state index in [1.165, 1.54) is 7.11 Å². The van der Waals surface area contributed by atoms with Crippen molar-refractivity contribution in [3.05, 3.63) is 59.9 Å². The third-order valence-corrected chi connectivity index (χ3v) is 6.91. The van der Waals surface area contributed by atoms with Gasteiger partial charge in [-0.2, -0.15) is 0 Å². The van der Waals surface area contributed by atoms with Crippen LogP contribution in [0.1, 0.15) is 37.6 Å². The fraction of sp³-hybridized carbons (Fsp3) is 0.419. The number of pyridine rings is 1. The number of unbranched alkanes of at least 4 members (excludes halogenated alkanes) is 1. The molecule has 0 saturated carbocycles. The molecule has 10 nitrogen and oxygen atoms in total. The van der Waals surface area contributed by atoms with Crippen LogP contribution in [0.4, 0.5) is 5.82 Å². The van der Waals surface area contributed by atoms with Crippen molar-refractivity contribution in [3.63, 3.8) is 0 Å². The highest BCUT2D eigenvalue weighted by Crippen LogP contribution is 2.29. The second-order valence-corrected chi connectivity index (χ2v) is 10.4. The highest BCUT2D eigenvalue weighted by molar-refractivity contribution is 6.06. The predicted molar refractivity (Wildman–Crippen MR) is 161 cm³/mol. The number of carbonyl (C=O) groups excluding carboxylic acids is 2. The summed E-state index contributed by atoms with van der Waals surface area (Å²) in [4.78, 5) is 38.0. The zero-order chi connectivity index (χ0) is 29.4. The number of nitrogens with zero attached hydrogens (tertiary/aromatic N) is 5. The SMILES string of the molecule is CCCCc1nc2c(N)nc3ccccc3c2n1CCCN(Cc1cccc(OCC(=O)OC)c1)C(=O)CN(C)C. The summed E-state index contributed by atoms with van der Waals surface area (Å²) in [5.74, 6) is 1.57. The maximum absolute atomic E-state index is 13.3. The van der Waals surface area contributed by atoms with Crippen LogP contribution in [-0.2, 0) is 33.8 Å². The number of anilines is 1. The minimum Gasteiger partial charge on any atom is -0.482 e. The van der Waals surface area contributed by atoms with Gasteiger partial charge in [-0.1, -0.05) is 43.7 Å². The number of benzene rings is 2. The number of ether oxygens (including phenoxy) is 2. The number of hydrogen-bond acceptors (Lipinski definition) is 8. The number of hydrogen-bond donors (Lipinski definition) is 1. The fourth-order valence-corrected chi connectivity index (χ4v) is 4.91. The lowest BCUT2D eigenvalue weighted by atomic mass is 10.1. The van der Waals surface area contributed by atoms with Crippen LogP contribution in [0.3, 0.4) is 0 Å². The third-order valence-electron chi connectivity index (χ3n) is 6.91. The Hall–Kier alpha value is -4.18. The van der Waals surface area contributed by atoms with Crippen LogP contribution in [-0.4, -0.2) is 77.1 Å². The lowest BCUT2D eigenvalue weighted by molar-refractivity contribution is -0.142. The second kappa shape index (κ2) is 13.9. The zero-order valence-corrected chi connectivity index (χ0v) is 24.4. The minimum absolute atomic E-state index is 0.0384. The van der Waals surface area contributed by atoms with Gasteiger partial charge in [0.2, 0.25) is 5.91 Å². The van der Waals surface area contributed by atoms with Crippen LogP contribution < -0.4 is 10.5 Å². The van der Waals surface area contributed by atoms with Crippen molar-refractivity contribution < 1.29 is 19.1 Å². The quantitative estimate of drug-likeness (QED) is 0.230. The van der Waals surface area contributed by atoms with E-state index in [-0.39, 0.29) is 12.5 Å². The van der Waals surface area contributed by atoms with Gasteiger partial charge in [0.05, 0.1) is 24.7 Å². The smallest absolute Gasteiger partial charge is 0.343 e. The van der Waals surface area contributed by atoms with Gasteiger partial charge in [-0.05, 0) is 50.7 Å². The van der Waals surface area contributed by atoms with E-state index >= 15 is 0 Å². The lowest BCUT2D eigenvalue weighted by Gasteiger charge is -2.25. The molecule has 0 bridgehead atoms. The number of fused-ring (bicyclic) bond motifs is 3. The van der Waals surface area contributed by atoms with Crippen molar-refractivity contribution in [2.45, 2.75) is 45.7 Å². The monoisotopic (exact) mass is 560 g/mol. The molecule has 2 heterocycles. The van der Waals surface area contributed by atoms with Crippen LogP contribution in [0.2, 0.25) is 0 Å². The first kappa shape index (κ1) is 29.8. The number of amides is 1. The zero-order valence-electron chi connectivity index (χ0n) is 24.4. The molecule has 2 aromatic heterocycles. The molecule has 0 fully saturated rings. The van der Waals surface area contributed by atoms with E-state index in [9.17, 15) is 9.59 Å². The molecule has 0 radical (unpaired) electrons. The fourth-order valence-electron chi connectivity index (χ4n) is 4.91. The summed E-state index contributed by atoms with van der Waals surface area (Å²) in [6.45, 7) is 3.98. The second-order valence-electron chi connectivity index (χ2n) is 10.4. The number of carbonyl (C=O) groups is 2. The van der Waals surface area contributed by atoms with Crippen molar-refractivity contribution in [3.8, 4) is 5.75 Å². The van der Waals surface area contributed by atoms with Gasteiger partial charge in [-0.3, -0.25) is 4.79 Å². The van der Waals surface area contributed by atoms with E-state index in [0.717, 1.165) is 59.0 Å². The summed E-state index contributed by atoms with van der Waals surface area (Å²) >= 11 is 0. The number of imidazole rings is 1. The van der Waals surface area contributed by atoms with Crippen molar-refractivity contribution in [1.29, 1.82) is 0 Å². The first-order valence-electron chi connectivity index (χ1n) is 14.0. The number of aryl methyl sites for hydroxylation is 2. The molecule has 41 heavy (non-hydrogen) atoms. The predicted octanol–water partition coefficient (Wildman–Crippen LogP) is 4.04. The molecule has 4 aromatic rings. The molecule has 0 atom stereocenters. The molecule has 2 N–H and O–H groups in total. The molecule has 0 saturated heterocycles. The van der Waals surface area contributed by atoms with Gasteiger partial charge in [0.1, 0.15) is 17.1 Å². The standard InChI is InChI=1S/C31H40N6O4/c1-5-6-15-26-34-29-30(24-13-7-8-14-25(24)33-31(29)32)37(26)17-10-16-36(27(38)20-35(2)3)19-22-11-9-12-23(18-22)41-21-28(39)40-4/h7-9,11-14,18H,5-6,10,15-17,19-21H2,1-4H3,(H2,32,33). The summed E-state index contributed by atoms with van der Waals surface area (Å²) in [5, 5.41) is 1.02.